The van der Waals surface area contributed by atoms with Crippen LogP contribution in [0.5, 0.6) is 0 Å². The van der Waals surface area contributed by atoms with Crippen molar-refractivity contribution in [2.45, 2.75) is 26.2 Å². The van der Waals surface area contributed by atoms with Crippen molar-refractivity contribution in [1.82, 2.24) is 14.6 Å². The molecule has 6 nitrogen and oxygen atoms in total. The first-order chi connectivity index (χ1) is 14.8. The summed E-state index contributed by atoms with van der Waals surface area (Å²) < 4.78 is 40.7. The monoisotopic (exact) mass is 466 g/mol. The number of benzene rings is 2. The number of hydrogen-bond acceptors (Lipinski definition) is 5. The van der Waals surface area contributed by atoms with E-state index in [0.29, 0.717) is 11.3 Å². The molecule has 2 heterocycles. The lowest BCUT2D eigenvalue weighted by Crippen LogP contribution is -2.10. The first-order valence-corrected chi connectivity index (χ1v) is 10.2. The zero-order chi connectivity index (χ0) is 23.7. The van der Waals surface area contributed by atoms with Gasteiger partial charge >= 0.3 is 8.68 Å². The molecule has 0 radical (unpaired) electrons. The first kappa shape index (κ1) is 23.4. The summed E-state index contributed by atoms with van der Waals surface area (Å²) in [6, 6.07) is 14.9. The summed E-state index contributed by atoms with van der Waals surface area (Å²) in [6.45, 7) is 6.57. The molecule has 0 aliphatic carbocycles. The van der Waals surface area contributed by atoms with Gasteiger partial charge in [-0.25, -0.2) is 9.50 Å². The molecule has 12 heteroatoms. The lowest BCUT2D eigenvalue weighted by atomic mass is 9.87. The molecule has 0 aliphatic rings. The van der Waals surface area contributed by atoms with Gasteiger partial charge in [0.05, 0.1) is 16.8 Å². The van der Waals surface area contributed by atoms with Gasteiger partial charge in [0.1, 0.15) is 5.01 Å². The van der Waals surface area contributed by atoms with E-state index in [2.05, 4.69) is 55.1 Å². The Hall–Kier alpha value is -3.28. The van der Waals surface area contributed by atoms with Gasteiger partial charge in [0, 0.05) is 23.3 Å². The molecule has 4 aromatic rings. The van der Waals surface area contributed by atoms with Gasteiger partial charge in [-0.2, -0.15) is 5.10 Å². The third kappa shape index (κ3) is 5.91. The number of imidazole rings is 1. The zero-order valence-electron chi connectivity index (χ0n) is 18.3. The van der Waals surface area contributed by atoms with E-state index in [9.17, 15) is 27.4 Å². The molecule has 2 aromatic heterocycles. The third-order valence-electron chi connectivity index (χ3n) is 4.39. The maximum absolute atomic E-state index is 11.0. The summed E-state index contributed by atoms with van der Waals surface area (Å²) in [5.74, 6) is 0. The van der Waals surface area contributed by atoms with E-state index >= 15 is 0 Å². The molecule has 0 N–H and O–H groups in total. The molecule has 32 heavy (non-hydrogen) atoms. The van der Waals surface area contributed by atoms with Gasteiger partial charge < -0.3 is 17.3 Å². The van der Waals surface area contributed by atoms with Crippen molar-refractivity contribution >= 4 is 29.2 Å². The Bertz CT molecular complexity index is 1220. The second kappa shape index (κ2) is 8.69. The molecular weight excluding hydrogens is 447 g/mol. The molecular formula is C20H19BF4N4O2S. The van der Waals surface area contributed by atoms with Crippen LogP contribution in [-0.4, -0.2) is 26.8 Å². The van der Waals surface area contributed by atoms with Crippen LogP contribution < -0.4 is 0 Å². The number of rotatable bonds is 3. The van der Waals surface area contributed by atoms with E-state index in [1.54, 1.807) is 16.8 Å². The number of halogens is 4. The summed E-state index contributed by atoms with van der Waals surface area (Å²) in [5.41, 5.74) is 3.88. The fourth-order valence-corrected chi connectivity index (χ4v) is 3.73. The summed E-state index contributed by atoms with van der Waals surface area (Å²) >= 11 is 1.50. The van der Waals surface area contributed by atoms with Gasteiger partial charge in [0.15, 0.2) is 0 Å². The van der Waals surface area contributed by atoms with Crippen LogP contribution in [0.1, 0.15) is 27.8 Å². The number of nitro groups is 1. The van der Waals surface area contributed by atoms with Crippen LogP contribution >= 0.6 is 11.3 Å². The number of nitrogens with zero attached hydrogens (tertiary/aromatic N) is 4. The lowest BCUT2D eigenvalue weighted by molar-refractivity contribution is -0.384. The second-order valence-electron chi connectivity index (χ2n) is 7.89. The predicted molar refractivity (Wildman–Crippen MR) is 118 cm³/mol. The van der Waals surface area contributed by atoms with Gasteiger partial charge in [0.25, 0.3) is 5.69 Å². The number of non-ortho nitro benzene ring substituents is 1. The van der Waals surface area contributed by atoms with Crippen molar-refractivity contribution in [1.29, 1.82) is 0 Å². The number of hydrogen-bond donors (Lipinski definition) is 0. The number of nitro benzene ring substituents is 1. The minimum absolute atomic E-state index is 0. The van der Waals surface area contributed by atoms with Crippen LogP contribution in [0.15, 0.2) is 54.7 Å². The van der Waals surface area contributed by atoms with Crippen LogP contribution in [-0.2, 0) is 5.41 Å². The molecule has 0 bridgehead atoms. The Morgan fingerprint density at radius 1 is 1.06 bits per heavy atom. The van der Waals surface area contributed by atoms with Crippen LogP contribution in [0, 0.1) is 10.1 Å². The normalized spacial score (nSPS) is 11.8. The smallest absolute Gasteiger partial charge is 0.418 e. The van der Waals surface area contributed by atoms with Gasteiger partial charge in [-0.15, -0.1) is 0 Å². The second-order valence-corrected chi connectivity index (χ2v) is 8.85. The van der Waals surface area contributed by atoms with Gasteiger partial charge in [-0.3, -0.25) is 10.1 Å². The van der Waals surface area contributed by atoms with E-state index in [0.717, 1.165) is 15.5 Å². The van der Waals surface area contributed by atoms with E-state index < -0.39 is 12.2 Å². The summed E-state index contributed by atoms with van der Waals surface area (Å²) in [5, 5.41) is 16.5. The average molecular weight is 466 g/mol. The third-order valence-corrected chi connectivity index (χ3v) is 5.37. The molecule has 0 aliphatic heterocycles. The van der Waals surface area contributed by atoms with E-state index in [1.165, 1.54) is 29.0 Å². The quantitative estimate of drug-likeness (QED) is 0.145. The van der Waals surface area contributed by atoms with Gasteiger partial charge in [0.2, 0.25) is 4.96 Å². The van der Waals surface area contributed by atoms with Gasteiger partial charge in [-0.05, 0) is 11.0 Å². The number of fused-ring (bicyclic) bond motifs is 1. The highest BCUT2D eigenvalue weighted by atomic mass is 32.1. The Morgan fingerprint density at radius 2 is 1.69 bits per heavy atom. The average Bonchev–Trinajstić information content (AvgIpc) is 3.25. The van der Waals surface area contributed by atoms with Crippen LogP contribution in [0.4, 0.5) is 23.0 Å². The SMILES string of the molecule is CC(C)(C)c1ccc(-c2nn3cc(-c4cccc([N+](=O)[O-])c4)nc3s2)cc1.F[B-](F)(F)F.[H+]. The minimum Gasteiger partial charge on any atom is -0.418 e. The van der Waals surface area contributed by atoms with Crippen molar-refractivity contribution in [3.63, 3.8) is 0 Å². The van der Waals surface area contributed by atoms with Crippen LogP contribution in [0.2, 0.25) is 0 Å². The topological polar surface area (TPSA) is 73.3 Å². The van der Waals surface area contributed by atoms with Crippen molar-refractivity contribution < 1.29 is 23.6 Å². The molecule has 0 amide bonds. The van der Waals surface area contributed by atoms with E-state index in [4.69, 9.17) is 0 Å². The van der Waals surface area contributed by atoms with Crippen LogP contribution in [0.3, 0.4) is 0 Å². The molecule has 0 saturated carbocycles. The molecule has 0 fully saturated rings. The Kier molecular flexibility index (Phi) is 6.35. The van der Waals surface area contributed by atoms with Crippen molar-refractivity contribution in [2.24, 2.45) is 0 Å². The first-order valence-electron chi connectivity index (χ1n) is 9.40. The summed E-state index contributed by atoms with van der Waals surface area (Å²) in [4.78, 5) is 15.9. The fourth-order valence-electron chi connectivity index (χ4n) is 2.85. The number of aromatic nitrogens is 3. The van der Waals surface area contributed by atoms with Crippen molar-refractivity contribution in [3.05, 3.63) is 70.4 Å². The predicted octanol–water partition coefficient (Wildman–Crippen LogP) is 6.74. The Balaban J connectivity index is 0.000000583. The van der Waals surface area contributed by atoms with E-state index in [-0.39, 0.29) is 12.5 Å². The lowest BCUT2D eigenvalue weighted by Gasteiger charge is -2.18. The fraction of sp³-hybridized carbons (Fsp3) is 0.200. The maximum atomic E-state index is 11.0. The largest absolute Gasteiger partial charge is 1.00 e. The van der Waals surface area contributed by atoms with Crippen LogP contribution in [0.25, 0.3) is 26.8 Å². The molecule has 0 atom stereocenters. The Labute approximate surface area is 186 Å². The van der Waals surface area contributed by atoms with Crippen molar-refractivity contribution in [3.8, 4) is 21.8 Å². The molecule has 168 valence electrons. The molecule has 2 aromatic carbocycles. The van der Waals surface area contributed by atoms with Crippen molar-refractivity contribution in [2.75, 3.05) is 0 Å². The maximum Gasteiger partial charge on any atom is 1.00 e. The highest BCUT2D eigenvalue weighted by Gasteiger charge is 2.20. The zero-order valence-corrected chi connectivity index (χ0v) is 18.1. The molecule has 0 unspecified atom stereocenters. The summed E-state index contributed by atoms with van der Waals surface area (Å²) in [7, 11) is -6.00. The highest BCUT2D eigenvalue weighted by Crippen LogP contribution is 2.31. The summed E-state index contributed by atoms with van der Waals surface area (Å²) in [6.07, 6.45) is 1.80. The minimum atomic E-state index is -6.00. The molecule has 0 spiro atoms. The molecule has 0 saturated heterocycles. The Morgan fingerprint density at radius 3 is 2.22 bits per heavy atom. The standard InChI is InChI=1S/C20H18N4O2S.BF4/c1-20(2,3)15-9-7-13(8-10-15)18-22-23-12-17(21-19(23)27-18)14-5-4-6-16(11-14)24(25)26;2-1(3,4)5/h4-12H,1-3H3;/q;-1/p+1. The molecule has 4 rings (SSSR count). The van der Waals surface area contributed by atoms with E-state index in [1.807, 2.05) is 6.07 Å². The van der Waals surface area contributed by atoms with Gasteiger partial charge in [-0.1, -0.05) is 68.5 Å². The highest BCUT2D eigenvalue weighted by molar-refractivity contribution is 7.19.